The maximum Gasteiger partial charge on any atom is 0.282 e. The van der Waals surface area contributed by atoms with Gasteiger partial charge in [0.2, 0.25) is 10.9 Å². The third-order valence-electron chi connectivity index (χ3n) is 4.45. The fourth-order valence-electron chi connectivity index (χ4n) is 3.08. The van der Waals surface area contributed by atoms with Crippen LogP contribution in [0.5, 0.6) is 0 Å². The van der Waals surface area contributed by atoms with Gasteiger partial charge in [0.25, 0.3) is 12.3 Å². The molecule has 0 spiro atoms. The minimum atomic E-state index is -2.83. The van der Waals surface area contributed by atoms with Crippen molar-refractivity contribution in [3.63, 3.8) is 0 Å². The maximum atomic E-state index is 13.3. The molecule has 0 aromatic carbocycles. The number of fused-ring (bicyclic) bond motifs is 1. The molecule has 2 aliphatic rings. The molecule has 11 heteroatoms. The van der Waals surface area contributed by atoms with Gasteiger partial charge in [0, 0.05) is 26.2 Å². The van der Waals surface area contributed by atoms with E-state index in [1.54, 1.807) is 0 Å². The summed E-state index contributed by atoms with van der Waals surface area (Å²) in [6.45, 7) is 0.0424. The number of hydrogen-bond donors (Lipinski definition) is 0. The molecule has 0 saturated heterocycles. The first kappa shape index (κ1) is 17.4. The Morgan fingerprint density at radius 1 is 1.46 bits per heavy atom. The summed E-state index contributed by atoms with van der Waals surface area (Å²) in [5.41, 5.74) is -0.0254. The van der Waals surface area contributed by atoms with Gasteiger partial charge in [-0.05, 0) is 5.57 Å². The summed E-state index contributed by atoms with van der Waals surface area (Å²) in [7, 11) is 1.49. The average Bonchev–Trinajstić information content (AvgIpc) is 2.90. The number of carbonyl (C=O) groups is 1. The van der Waals surface area contributed by atoms with Crippen LogP contribution in [-0.2, 0) is 22.7 Å². The van der Waals surface area contributed by atoms with Crippen LogP contribution in [0.15, 0.2) is 11.6 Å². The third-order valence-corrected chi connectivity index (χ3v) is 5.33. The topological polar surface area (TPSA) is 59.7 Å². The van der Waals surface area contributed by atoms with Crippen LogP contribution in [0, 0.1) is 5.92 Å². The molecule has 4 rings (SSSR count). The molecule has 1 aliphatic carbocycles. The van der Waals surface area contributed by atoms with E-state index in [9.17, 15) is 22.4 Å². The second kappa shape index (κ2) is 6.02. The minimum Gasteiger partial charge on any atom is -0.377 e. The normalized spacial score (nSPS) is 21.9. The summed E-state index contributed by atoms with van der Waals surface area (Å²) in [5, 5.41) is 4.76. The number of alkyl halides is 4. The average molecular weight is 390 g/mol. The van der Waals surface area contributed by atoms with Crippen molar-refractivity contribution in [1.29, 1.82) is 0 Å². The fraction of sp³-hybridized carbons (Fsp3) is 0.533. The Hall–Kier alpha value is -2.01. The number of nitrogens with zero attached hydrogens (tertiary/aromatic N) is 4. The maximum absolute atomic E-state index is 13.3. The predicted molar refractivity (Wildman–Crippen MR) is 83.1 cm³/mol. The number of ether oxygens (including phenoxy) is 1. The second-order valence-corrected chi connectivity index (χ2v) is 7.34. The molecule has 1 aliphatic heterocycles. The van der Waals surface area contributed by atoms with E-state index >= 15 is 0 Å². The number of hydrogen-bond acceptors (Lipinski definition) is 5. The summed E-state index contributed by atoms with van der Waals surface area (Å²) >= 11 is 1.11. The number of methoxy groups -OCH3 is 1. The van der Waals surface area contributed by atoms with Crippen LogP contribution in [0.25, 0.3) is 4.96 Å². The Bertz CT molecular complexity index is 907. The van der Waals surface area contributed by atoms with Crippen molar-refractivity contribution >= 4 is 22.2 Å². The SMILES string of the molecule is COCc1nn2c(CN3CC([C@H]4CC4(F)F)=CC3=O)c(C(F)F)nc2s1. The number of aromatic nitrogens is 3. The van der Waals surface area contributed by atoms with Crippen LogP contribution in [0.2, 0.25) is 0 Å². The molecule has 6 nitrogen and oxygen atoms in total. The lowest BCUT2D eigenvalue weighted by Gasteiger charge is -2.16. The van der Waals surface area contributed by atoms with Crippen LogP contribution in [0.4, 0.5) is 17.6 Å². The zero-order chi connectivity index (χ0) is 18.6. The zero-order valence-electron chi connectivity index (χ0n) is 13.6. The van der Waals surface area contributed by atoms with Crippen LogP contribution in [0.3, 0.4) is 0 Å². The van der Waals surface area contributed by atoms with Crippen LogP contribution >= 0.6 is 11.3 Å². The third kappa shape index (κ3) is 2.88. The lowest BCUT2D eigenvalue weighted by molar-refractivity contribution is -0.125. The lowest BCUT2D eigenvalue weighted by Crippen LogP contribution is -2.27. The molecule has 1 atom stereocenters. The molecule has 1 amide bonds. The van der Waals surface area contributed by atoms with E-state index < -0.39 is 29.9 Å². The standard InChI is InChI=1S/C15H14F4N4O2S/c1-25-6-10-21-23-9(12(13(16)17)20-14(23)26-10)5-22-4-7(2-11(22)24)8-3-15(8,18)19/h2,8,13H,3-6H2,1H3/t8-/m1/s1. The monoisotopic (exact) mass is 390 g/mol. The Kier molecular flexibility index (Phi) is 4.03. The summed E-state index contributed by atoms with van der Waals surface area (Å²) in [6, 6.07) is 0. The minimum absolute atomic E-state index is 0.00403. The highest BCUT2D eigenvalue weighted by atomic mass is 32.1. The number of carbonyl (C=O) groups excluding carboxylic acids is 1. The van der Waals surface area contributed by atoms with E-state index in [-0.39, 0.29) is 36.8 Å². The molecule has 3 heterocycles. The van der Waals surface area contributed by atoms with Crippen molar-refractivity contribution in [2.45, 2.75) is 31.9 Å². The highest BCUT2D eigenvalue weighted by molar-refractivity contribution is 7.16. The second-order valence-electron chi connectivity index (χ2n) is 6.30. The molecule has 26 heavy (non-hydrogen) atoms. The van der Waals surface area contributed by atoms with Crippen LogP contribution < -0.4 is 0 Å². The van der Waals surface area contributed by atoms with Crippen molar-refractivity contribution in [3.05, 3.63) is 28.0 Å². The fourth-order valence-corrected chi connectivity index (χ4v) is 3.98. The van der Waals surface area contributed by atoms with E-state index in [0.717, 1.165) is 11.3 Å². The number of imidazole rings is 1. The van der Waals surface area contributed by atoms with Crippen LogP contribution in [0.1, 0.15) is 29.2 Å². The van der Waals surface area contributed by atoms with E-state index in [4.69, 9.17) is 4.74 Å². The van der Waals surface area contributed by atoms with Gasteiger partial charge in [-0.3, -0.25) is 4.79 Å². The van der Waals surface area contributed by atoms with Gasteiger partial charge in [-0.25, -0.2) is 27.1 Å². The summed E-state index contributed by atoms with van der Waals surface area (Å²) < 4.78 is 59.4. The van der Waals surface area contributed by atoms with Gasteiger partial charge in [-0.15, -0.1) is 0 Å². The van der Waals surface area contributed by atoms with Gasteiger partial charge in [-0.1, -0.05) is 11.3 Å². The van der Waals surface area contributed by atoms with Crippen molar-refractivity contribution in [2.24, 2.45) is 5.92 Å². The summed E-state index contributed by atoms with van der Waals surface area (Å²) in [5.74, 6) is -4.17. The van der Waals surface area contributed by atoms with E-state index in [2.05, 4.69) is 10.1 Å². The Morgan fingerprint density at radius 2 is 2.19 bits per heavy atom. The van der Waals surface area contributed by atoms with E-state index in [1.165, 1.54) is 22.6 Å². The quantitative estimate of drug-likeness (QED) is 0.712. The van der Waals surface area contributed by atoms with Crippen molar-refractivity contribution in [3.8, 4) is 0 Å². The molecular formula is C15H14F4N4O2S. The smallest absolute Gasteiger partial charge is 0.282 e. The molecule has 140 valence electrons. The molecule has 0 radical (unpaired) electrons. The van der Waals surface area contributed by atoms with Crippen molar-refractivity contribution in [2.75, 3.05) is 13.7 Å². The predicted octanol–water partition coefficient (Wildman–Crippen LogP) is 2.80. The molecular weight excluding hydrogens is 376 g/mol. The largest absolute Gasteiger partial charge is 0.377 e. The Morgan fingerprint density at radius 3 is 2.81 bits per heavy atom. The molecule has 2 aromatic heterocycles. The highest BCUT2D eigenvalue weighted by Crippen LogP contribution is 2.53. The molecule has 0 unspecified atom stereocenters. The van der Waals surface area contributed by atoms with Crippen molar-refractivity contribution < 1.29 is 27.1 Å². The molecule has 1 saturated carbocycles. The van der Waals surface area contributed by atoms with E-state index in [1.807, 2.05) is 0 Å². The first-order valence-corrected chi connectivity index (χ1v) is 8.63. The molecule has 2 aromatic rings. The van der Waals surface area contributed by atoms with Gasteiger partial charge in [0.15, 0.2) is 0 Å². The molecule has 1 fully saturated rings. The van der Waals surface area contributed by atoms with E-state index in [0.29, 0.717) is 10.6 Å². The highest BCUT2D eigenvalue weighted by Gasteiger charge is 2.59. The van der Waals surface area contributed by atoms with Gasteiger partial charge in [-0.2, -0.15) is 5.10 Å². The van der Waals surface area contributed by atoms with Crippen molar-refractivity contribution in [1.82, 2.24) is 19.5 Å². The summed E-state index contributed by atoms with van der Waals surface area (Å²) in [6.07, 6.45) is -1.92. The zero-order valence-corrected chi connectivity index (χ0v) is 14.4. The first-order chi connectivity index (χ1) is 12.3. The van der Waals surface area contributed by atoms with Gasteiger partial charge in [0.05, 0.1) is 24.8 Å². The van der Waals surface area contributed by atoms with Gasteiger partial charge < -0.3 is 9.64 Å². The van der Waals surface area contributed by atoms with Gasteiger partial charge in [0.1, 0.15) is 10.7 Å². The lowest BCUT2D eigenvalue weighted by atomic mass is 10.2. The van der Waals surface area contributed by atoms with Crippen LogP contribution in [-0.4, -0.2) is 45.0 Å². The summed E-state index contributed by atoms with van der Waals surface area (Å²) in [4.78, 5) is 17.6. The number of halogens is 4. The van der Waals surface area contributed by atoms with Gasteiger partial charge >= 0.3 is 0 Å². The number of amides is 1. The Balaban J connectivity index is 1.60. The first-order valence-electron chi connectivity index (χ1n) is 7.81. The molecule has 0 bridgehead atoms. The Labute approximate surface area is 149 Å². The number of rotatable bonds is 6. The molecule has 0 N–H and O–H groups in total.